The fraction of sp³-hybridized carbons (Fsp3) is 0.0333. The van der Waals surface area contributed by atoms with E-state index >= 15 is 0 Å². The van der Waals surface area contributed by atoms with Crippen molar-refractivity contribution in [1.29, 1.82) is 0 Å². The zero-order valence-corrected chi connectivity index (χ0v) is 18.9. The van der Waals surface area contributed by atoms with Gasteiger partial charge in [-0.3, -0.25) is 4.57 Å². The second kappa shape index (κ2) is 7.92. The van der Waals surface area contributed by atoms with E-state index in [9.17, 15) is 0 Å². The highest BCUT2D eigenvalue weighted by Gasteiger charge is 2.20. The second-order valence-corrected chi connectivity index (χ2v) is 8.60. The van der Waals surface area contributed by atoms with Crippen LogP contribution in [0.2, 0.25) is 0 Å². The van der Waals surface area contributed by atoms with Crippen LogP contribution in [0.15, 0.2) is 115 Å². The first-order valence-electron chi connectivity index (χ1n) is 11.7. The summed E-state index contributed by atoms with van der Waals surface area (Å²) >= 11 is 0. The number of hydrogen-bond donors (Lipinski definition) is 1. The lowest BCUT2D eigenvalue weighted by atomic mass is 10.1. The molecular weight excluding hydrogens is 432 g/mol. The number of nitrogens with zero attached hydrogens (tertiary/aromatic N) is 3. The highest BCUT2D eigenvalue weighted by atomic mass is 16.5. The van der Waals surface area contributed by atoms with Crippen LogP contribution in [0.25, 0.3) is 27.6 Å². The molecule has 0 unspecified atom stereocenters. The van der Waals surface area contributed by atoms with E-state index in [-0.39, 0.29) is 0 Å². The molecule has 2 aromatic heterocycles. The minimum absolute atomic E-state index is 0.735. The van der Waals surface area contributed by atoms with Gasteiger partial charge in [0, 0.05) is 34.8 Å². The van der Waals surface area contributed by atoms with Gasteiger partial charge in [0.15, 0.2) is 0 Å². The van der Waals surface area contributed by atoms with Gasteiger partial charge in [0.1, 0.15) is 17.3 Å². The van der Waals surface area contributed by atoms with E-state index in [0.717, 1.165) is 46.4 Å². The number of fused-ring (bicyclic) bond motifs is 4. The lowest BCUT2D eigenvalue weighted by Gasteiger charge is -2.19. The maximum atomic E-state index is 6.38. The molecule has 6 aromatic rings. The summed E-state index contributed by atoms with van der Waals surface area (Å²) in [4.78, 5) is 6.87. The average molecular weight is 455 g/mol. The lowest BCUT2D eigenvalue weighted by molar-refractivity contribution is 0.483. The molecule has 0 spiro atoms. The molecule has 0 amide bonds. The average Bonchev–Trinajstić information content (AvgIpc) is 3.48. The van der Waals surface area contributed by atoms with Gasteiger partial charge in [-0.15, -0.1) is 0 Å². The Morgan fingerprint density at radius 2 is 1.51 bits per heavy atom. The molecule has 1 aliphatic rings. The standard InChI is InChI=1S/C30H22N4O/c1-3-12-27-24(10-1)25-16-15-23(19-29(25)34(27)30-14-5-6-17-31-30)35-22-9-7-8-21(18-22)33-20-32-26-11-2-4-13-28(26)33/h1-19,32H,20H2. The molecular formula is C30H22N4O. The first-order valence-corrected chi connectivity index (χ1v) is 11.7. The molecule has 0 radical (unpaired) electrons. The lowest BCUT2D eigenvalue weighted by Crippen LogP contribution is -2.16. The molecule has 0 saturated heterocycles. The molecule has 35 heavy (non-hydrogen) atoms. The third-order valence-electron chi connectivity index (χ3n) is 6.51. The predicted molar refractivity (Wildman–Crippen MR) is 142 cm³/mol. The number of nitrogens with one attached hydrogen (secondary N) is 1. The predicted octanol–water partition coefficient (Wildman–Crippen LogP) is 7.49. The molecule has 0 bridgehead atoms. The summed E-state index contributed by atoms with van der Waals surface area (Å²) in [7, 11) is 0. The molecule has 7 rings (SSSR count). The Kier molecular flexibility index (Phi) is 4.45. The van der Waals surface area contributed by atoms with Gasteiger partial charge in [0.05, 0.1) is 29.1 Å². The number of aromatic nitrogens is 2. The summed E-state index contributed by atoms with van der Waals surface area (Å²) in [6.45, 7) is 0.735. The Labute approximate surface area is 202 Å². The molecule has 1 aliphatic heterocycles. The zero-order valence-electron chi connectivity index (χ0n) is 18.9. The van der Waals surface area contributed by atoms with Crippen molar-refractivity contribution >= 4 is 38.9 Å². The number of pyridine rings is 1. The summed E-state index contributed by atoms with van der Waals surface area (Å²) in [6, 6.07) is 37.3. The van der Waals surface area contributed by atoms with Crippen LogP contribution in [0.3, 0.4) is 0 Å². The SMILES string of the molecule is c1ccc(-n2c3ccccc3c3ccc(Oc4cccc(N5CNc6ccccc65)c4)cc32)nc1. The van der Waals surface area contributed by atoms with Crippen molar-refractivity contribution in [2.75, 3.05) is 16.9 Å². The number of hydrogen-bond acceptors (Lipinski definition) is 4. The van der Waals surface area contributed by atoms with Gasteiger partial charge in [-0.05, 0) is 54.6 Å². The van der Waals surface area contributed by atoms with E-state index in [4.69, 9.17) is 4.74 Å². The van der Waals surface area contributed by atoms with Gasteiger partial charge in [-0.1, -0.05) is 42.5 Å². The van der Waals surface area contributed by atoms with Crippen LogP contribution in [-0.2, 0) is 0 Å². The Morgan fingerprint density at radius 1 is 0.686 bits per heavy atom. The summed E-state index contributed by atoms with van der Waals surface area (Å²) < 4.78 is 8.58. The van der Waals surface area contributed by atoms with Crippen molar-refractivity contribution in [3.05, 3.63) is 115 Å². The second-order valence-electron chi connectivity index (χ2n) is 8.60. The fourth-order valence-electron chi connectivity index (χ4n) is 4.94. The molecule has 1 N–H and O–H groups in total. The van der Waals surface area contributed by atoms with Crippen LogP contribution in [0.5, 0.6) is 11.5 Å². The van der Waals surface area contributed by atoms with Gasteiger partial charge in [-0.25, -0.2) is 4.98 Å². The number of anilines is 3. The van der Waals surface area contributed by atoms with Crippen LogP contribution in [-0.4, -0.2) is 16.2 Å². The monoisotopic (exact) mass is 454 g/mol. The van der Waals surface area contributed by atoms with Gasteiger partial charge in [-0.2, -0.15) is 0 Å². The Balaban J connectivity index is 1.29. The van der Waals surface area contributed by atoms with Crippen LogP contribution >= 0.6 is 0 Å². The molecule has 3 heterocycles. The molecule has 4 aromatic carbocycles. The number of rotatable bonds is 4. The summed E-state index contributed by atoms with van der Waals surface area (Å²) in [5.41, 5.74) is 5.60. The minimum Gasteiger partial charge on any atom is -0.457 e. The maximum absolute atomic E-state index is 6.38. The van der Waals surface area contributed by atoms with Gasteiger partial charge < -0.3 is 15.0 Å². The highest BCUT2D eigenvalue weighted by Crippen LogP contribution is 2.39. The van der Waals surface area contributed by atoms with E-state index in [2.05, 4.69) is 92.6 Å². The Bertz CT molecular complexity index is 1690. The fourth-order valence-corrected chi connectivity index (χ4v) is 4.94. The third kappa shape index (κ3) is 3.28. The quantitative estimate of drug-likeness (QED) is 0.300. The maximum Gasteiger partial charge on any atom is 0.137 e. The topological polar surface area (TPSA) is 42.3 Å². The van der Waals surface area contributed by atoms with Crippen molar-refractivity contribution in [1.82, 2.24) is 9.55 Å². The van der Waals surface area contributed by atoms with Gasteiger partial charge in [0.25, 0.3) is 0 Å². The molecule has 0 saturated carbocycles. The van der Waals surface area contributed by atoms with E-state index in [0.29, 0.717) is 0 Å². The molecule has 0 fully saturated rings. The zero-order chi connectivity index (χ0) is 23.2. The Morgan fingerprint density at radius 3 is 2.46 bits per heavy atom. The van der Waals surface area contributed by atoms with Crippen molar-refractivity contribution in [3.63, 3.8) is 0 Å². The van der Waals surface area contributed by atoms with Gasteiger partial charge >= 0.3 is 0 Å². The van der Waals surface area contributed by atoms with Crippen LogP contribution in [0, 0.1) is 0 Å². The van der Waals surface area contributed by atoms with Crippen molar-refractivity contribution in [2.45, 2.75) is 0 Å². The summed E-state index contributed by atoms with van der Waals surface area (Å²) in [5.74, 6) is 2.47. The number of ether oxygens (including phenoxy) is 1. The van der Waals surface area contributed by atoms with Crippen LogP contribution < -0.4 is 15.0 Å². The molecule has 168 valence electrons. The van der Waals surface area contributed by atoms with Crippen molar-refractivity contribution in [3.8, 4) is 17.3 Å². The molecule has 0 atom stereocenters. The largest absolute Gasteiger partial charge is 0.457 e. The van der Waals surface area contributed by atoms with Crippen molar-refractivity contribution < 1.29 is 4.74 Å². The van der Waals surface area contributed by atoms with E-state index < -0.39 is 0 Å². The minimum atomic E-state index is 0.735. The first kappa shape index (κ1) is 19.7. The van der Waals surface area contributed by atoms with E-state index in [1.54, 1.807) is 0 Å². The molecule has 5 nitrogen and oxygen atoms in total. The van der Waals surface area contributed by atoms with Crippen molar-refractivity contribution in [2.24, 2.45) is 0 Å². The number of para-hydroxylation sites is 3. The van der Waals surface area contributed by atoms with Crippen LogP contribution in [0.4, 0.5) is 17.1 Å². The van der Waals surface area contributed by atoms with E-state index in [1.165, 1.54) is 16.5 Å². The third-order valence-corrected chi connectivity index (χ3v) is 6.51. The smallest absolute Gasteiger partial charge is 0.137 e. The summed E-state index contributed by atoms with van der Waals surface area (Å²) in [5, 5.41) is 5.82. The van der Waals surface area contributed by atoms with E-state index in [1.807, 2.05) is 42.6 Å². The highest BCUT2D eigenvalue weighted by molar-refractivity contribution is 6.09. The normalized spacial score (nSPS) is 12.6. The molecule has 0 aliphatic carbocycles. The number of benzene rings is 4. The van der Waals surface area contributed by atoms with Crippen LogP contribution in [0.1, 0.15) is 0 Å². The molecule has 5 heteroatoms. The first-order chi connectivity index (χ1) is 17.3. The Hall–Kier alpha value is -4.77. The summed E-state index contributed by atoms with van der Waals surface area (Å²) in [6.07, 6.45) is 1.83. The van der Waals surface area contributed by atoms with Gasteiger partial charge in [0.2, 0.25) is 0 Å².